The van der Waals surface area contributed by atoms with E-state index in [1.807, 2.05) is 0 Å². The second-order valence-corrected chi connectivity index (χ2v) is 4.22. The third-order valence-corrected chi connectivity index (χ3v) is 3.22. The minimum atomic E-state index is 0.436. The Hall–Kier alpha value is -1.76. The molecule has 0 N–H and O–H groups in total. The number of hydrogen-bond acceptors (Lipinski definition) is 0. The molecule has 0 amide bonds. The molecule has 0 aliphatic carbocycles. The SMILES string of the molecule is C1=CB(c2ccccc2)c2ccccc2C1. The number of hydrogen-bond donors (Lipinski definition) is 0. The van der Waals surface area contributed by atoms with Crippen molar-refractivity contribution in [2.45, 2.75) is 6.42 Å². The van der Waals surface area contributed by atoms with Gasteiger partial charge in [0.05, 0.1) is 0 Å². The Balaban J connectivity index is 2.09. The van der Waals surface area contributed by atoms with Gasteiger partial charge in [0.1, 0.15) is 0 Å². The lowest BCUT2D eigenvalue weighted by Crippen LogP contribution is -2.44. The first-order valence-electron chi connectivity index (χ1n) is 5.74. The fraction of sp³-hybridized carbons (Fsp3) is 0.0667. The molecule has 3 rings (SSSR count). The summed E-state index contributed by atoms with van der Waals surface area (Å²) in [6, 6.07) is 19.4. The maximum absolute atomic E-state index is 2.32. The highest BCUT2D eigenvalue weighted by atomic mass is 14.0. The summed E-state index contributed by atoms with van der Waals surface area (Å²) in [5, 5.41) is 0. The van der Waals surface area contributed by atoms with Crippen molar-refractivity contribution >= 4 is 17.6 Å². The van der Waals surface area contributed by atoms with E-state index in [2.05, 4.69) is 66.6 Å². The lowest BCUT2D eigenvalue weighted by Gasteiger charge is -2.18. The molecule has 0 spiro atoms. The predicted octanol–water partition coefficient (Wildman–Crippen LogP) is 1.95. The monoisotopic (exact) mass is 204 g/mol. The molecule has 0 aromatic heterocycles. The summed E-state index contributed by atoms with van der Waals surface area (Å²) in [4.78, 5) is 0. The Bertz CT molecular complexity index is 514. The standard InChI is InChI=1S/C15H13B/c1-2-9-14(10-3-1)16-12-6-8-13-7-4-5-11-15(13)16/h1-7,9-12H,8H2. The van der Waals surface area contributed by atoms with E-state index in [4.69, 9.17) is 0 Å². The molecule has 2 aromatic rings. The second-order valence-electron chi connectivity index (χ2n) is 4.22. The molecule has 1 heterocycles. The van der Waals surface area contributed by atoms with Gasteiger partial charge in [0, 0.05) is 0 Å². The van der Waals surface area contributed by atoms with Gasteiger partial charge >= 0.3 is 0 Å². The van der Waals surface area contributed by atoms with Gasteiger partial charge in [0.25, 0.3) is 0 Å². The van der Waals surface area contributed by atoms with Gasteiger partial charge in [-0.2, -0.15) is 0 Å². The van der Waals surface area contributed by atoms with Crippen LogP contribution in [-0.4, -0.2) is 6.71 Å². The van der Waals surface area contributed by atoms with Gasteiger partial charge in [0.15, 0.2) is 0 Å². The van der Waals surface area contributed by atoms with Crippen molar-refractivity contribution in [3.05, 3.63) is 72.2 Å². The van der Waals surface area contributed by atoms with Crippen molar-refractivity contribution in [3.63, 3.8) is 0 Å². The molecule has 0 fully saturated rings. The van der Waals surface area contributed by atoms with E-state index in [1.165, 1.54) is 16.5 Å². The summed E-state index contributed by atoms with van der Waals surface area (Å²) < 4.78 is 0. The highest BCUT2D eigenvalue weighted by molar-refractivity contribution is 6.89. The molecule has 16 heavy (non-hydrogen) atoms. The van der Waals surface area contributed by atoms with Crippen LogP contribution in [0.15, 0.2) is 66.6 Å². The summed E-state index contributed by atoms with van der Waals surface area (Å²) in [5.74, 6) is 2.32. The predicted molar refractivity (Wildman–Crippen MR) is 70.8 cm³/mol. The minimum absolute atomic E-state index is 0.436. The van der Waals surface area contributed by atoms with Crippen LogP contribution in [0.5, 0.6) is 0 Å². The van der Waals surface area contributed by atoms with Gasteiger partial charge in [-0.1, -0.05) is 71.6 Å². The van der Waals surface area contributed by atoms with Crippen LogP contribution in [0.4, 0.5) is 0 Å². The average molecular weight is 204 g/mol. The first-order valence-corrected chi connectivity index (χ1v) is 5.74. The zero-order chi connectivity index (χ0) is 10.8. The van der Waals surface area contributed by atoms with Crippen molar-refractivity contribution in [1.82, 2.24) is 0 Å². The smallest absolute Gasteiger partial charge is 0.109 e. The van der Waals surface area contributed by atoms with Crippen LogP contribution in [0.3, 0.4) is 0 Å². The quantitative estimate of drug-likeness (QED) is 0.623. The summed E-state index contributed by atoms with van der Waals surface area (Å²) in [7, 11) is 0. The number of fused-ring (bicyclic) bond motifs is 1. The van der Waals surface area contributed by atoms with Crippen molar-refractivity contribution in [3.8, 4) is 0 Å². The lowest BCUT2D eigenvalue weighted by molar-refractivity contribution is 1.28. The van der Waals surface area contributed by atoms with Crippen LogP contribution >= 0.6 is 0 Å². The number of rotatable bonds is 1. The van der Waals surface area contributed by atoms with Crippen molar-refractivity contribution in [2.24, 2.45) is 0 Å². The summed E-state index contributed by atoms with van der Waals surface area (Å²) >= 11 is 0. The Labute approximate surface area is 96.7 Å². The molecule has 1 aliphatic rings. The third-order valence-electron chi connectivity index (χ3n) is 3.22. The Morgan fingerprint density at radius 1 is 0.812 bits per heavy atom. The maximum Gasteiger partial charge on any atom is 0.233 e. The number of benzene rings is 2. The highest BCUT2D eigenvalue weighted by Gasteiger charge is 2.20. The molecule has 2 aromatic carbocycles. The molecule has 0 unspecified atom stereocenters. The molecule has 1 heteroatoms. The zero-order valence-electron chi connectivity index (χ0n) is 9.14. The van der Waals surface area contributed by atoms with Gasteiger partial charge < -0.3 is 0 Å². The van der Waals surface area contributed by atoms with Crippen molar-refractivity contribution in [2.75, 3.05) is 0 Å². The fourth-order valence-corrected chi connectivity index (χ4v) is 2.41. The first-order chi connectivity index (χ1) is 7.95. The Morgan fingerprint density at radius 3 is 2.44 bits per heavy atom. The van der Waals surface area contributed by atoms with Crippen molar-refractivity contribution in [1.29, 1.82) is 0 Å². The molecule has 0 saturated carbocycles. The van der Waals surface area contributed by atoms with E-state index in [1.54, 1.807) is 0 Å². The Morgan fingerprint density at radius 2 is 1.56 bits per heavy atom. The fourth-order valence-electron chi connectivity index (χ4n) is 2.41. The topological polar surface area (TPSA) is 0 Å². The second kappa shape index (κ2) is 4.01. The van der Waals surface area contributed by atoms with Gasteiger partial charge in [-0.3, -0.25) is 0 Å². The van der Waals surface area contributed by atoms with Crippen LogP contribution in [0, 0.1) is 0 Å². The molecular formula is C15H13B. The maximum atomic E-state index is 2.32. The molecule has 0 bridgehead atoms. The van der Waals surface area contributed by atoms with Gasteiger partial charge in [-0.25, -0.2) is 0 Å². The summed E-state index contributed by atoms with van der Waals surface area (Å²) in [6.07, 6.45) is 3.35. The summed E-state index contributed by atoms with van der Waals surface area (Å²) in [5.41, 5.74) is 4.29. The van der Waals surface area contributed by atoms with Crippen LogP contribution in [0.1, 0.15) is 5.56 Å². The molecule has 0 radical (unpaired) electrons. The van der Waals surface area contributed by atoms with E-state index in [-0.39, 0.29) is 0 Å². The number of allylic oxidation sites excluding steroid dienone is 1. The van der Waals surface area contributed by atoms with E-state index in [9.17, 15) is 0 Å². The molecule has 0 atom stereocenters. The van der Waals surface area contributed by atoms with Gasteiger partial charge in [0.2, 0.25) is 6.71 Å². The van der Waals surface area contributed by atoms with E-state index in [0.29, 0.717) is 6.71 Å². The molecule has 1 aliphatic heterocycles. The molecule has 76 valence electrons. The minimum Gasteiger partial charge on any atom is -0.109 e. The highest BCUT2D eigenvalue weighted by Crippen LogP contribution is 2.07. The van der Waals surface area contributed by atoms with E-state index < -0.39 is 0 Å². The van der Waals surface area contributed by atoms with Crippen LogP contribution in [0.2, 0.25) is 0 Å². The van der Waals surface area contributed by atoms with Crippen molar-refractivity contribution < 1.29 is 0 Å². The molecule has 0 nitrogen and oxygen atoms in total. The zero-order valence-corrected chi connectivity index (χ0v) is 9.14. The lowest BCUT2D eigenvalue weighted by atomic mass is 9.38. The third kappa shape index (κ3) is 1.59. The molecular weight excluding hydrogens is 191 g/mol. The van der Waals surface area contributed by atoms with Gasteiger partial charge in [-0.05, 0) is 12.0 Å². The molecule has 0 saturated heterocycles. The van der Waals surface area contributed by atoms with Crippen LogP contribution in [0.25, 0.3) is 0 Å². The van der Waals surface area contributed by atoms with E-state index >= 15 is 0 Å². The Kier molecular flexibility index (Phi) is 2.38. The van der Waals surface area contributed by atoms with Crippen LogP contribution in [-0.2, 0) is 6.42 Å². The summed E-state index contributed by atoms with van der Waals surface area (Å²) in [6.45, 7) is 0.436. The van der Waals surface area contributed by atoms with Crippen LogP contribution < -0.4 is 10.9 Å². The average Bonchev–Trinajstić information content (AvgIpc) is 2.39. The van der Waals surface area contributed by atoms with Gasteiger partial charge in [-0.15, -0.1) is 5.98 Å². The van der Waals surface area contributed by atoms with E-state index in [0.717, 1.165) is 6.42 Å². The normalized spacial score (nSPS) is 13.6. The first kappa shape index (κ1) is 9.47. The largest absolute Gasteiger partial charge is 0.233 e.